The van der Waals surface area contributed by atoms with Gasteiger partial charge in [-0.2, -0.15) is 0 Å². The number of nitrogens with one attached hydrogen (secondary N) is 1. The smallest absolute Gasteiger partial charge is 0.0630 e. The number of hydrogen-bond donors (Lipinski definition) is 1. The Balaban J connectivity index is 2.57. The Morgan fingerprint density at radius 3 is 2.59 bits per heavy atom. The van der Waals surface area contributed by atoms with E-state index in [-0.39, 0.29) is 0 Å². The second kappa shape index (κ2) is 6.53. The summed E-state index contributed by atoms with van der Waals surface area (Å²) in [6, 6.07) is 0.489. The Morgan fingerprint density at radius 1 is 1.47 bits per heavy atom. The molecule has 1 aliphatic rings. The fourth-order valence-corrected chi connectivity index (χ4v) is 2.42. The molecule has 17 heavy (non-hydrogen) atoms. The van der Waals surface area contributed by atoms with Gasteiger partial charge in [-0.1, -0.05) is 32.4 Å². The van der Waals surface area contributed by atoms with Crippen molar-refractivity contribution in [3.63, 3.8) is 0 Å². The first-order valence-corrected chi connectivity index (χ1v) is 6.56. The molecule has 1 atom stereocenters. The molecule has 0 fully saturated rings. The molecule has 0 spiro atoms. The molecule has 3 heteroatoms. The Bertz CT molecular complexity index is 249. The van der Waals surface area contributed by atoms with Crippen LogP contribution in [0.2, 0.25) is 0 Å². The highest BCUT2D eigenvalue weighted by molar-refractivity contribution is 5.15. The van der Waals surface area contributed by atoms with Crippen molar-refractivity contribution in [3.8, 4) is 0 Å². The van der Waals surface area contributed by atoms with Gasteiger partial charge in [-0.05, 0) is 18.9 Å². The van der Waals surface area contributed by atoms with Crippen LogP contribution < -0.4 is 5.32 Å². The van der Waals surface area contributed by atoms with Gasteiger partial charge in [0.2, 0.25) is 0 Å². The van der Waals surface area contributed by atoms with Crippen LogP contribution in [-0.2, 0) is 4.74 Å². The van der Waals surface area contributed by atoms with Crippen LogP contribution in [0.1, 0.15) is 27.2 Å². The van der Waals surface area contributed by atoms with Crippen LogP contribution in [0.15, 0.2) is 11.6 Å². The lowest BCUT2D eigenvalue weighted by atomic mass is 9.83. The molecular formula is C14H28N2O. The number of rotatable bonds is 5. The van der Waals surface area contributed by atoms with E-state index in [2.05, 4.69) is 37.1 Å². The molecule has 3 nitrogen and oxygen atoms in total. The van der Waals surface area contributed by atoms with Crippen LogP contribution in [0.25, 0.3) is 0 Å². The molecule has 0 aromatic rings. The Hall–Kier alpha value is -0.380. The van der Waals surface area contributed by atoms with Gasteiger partial charge < -0.3 is 10.1 Å². The highest BCUT2D eigenvalue weighted by atomic mass is 16.5. The fraction of sp³-hybridized carbons (Fsp3) is 0.857. The number of hydrogen-bond acceptors (Lipinski definition) is 3. The summed E-state index contributed by atoms with van der Waals surface area (Å²) >= 11 is 0. The average molecular weight is 240 g/mol. The van der Waals surface area contributed by atoms with E-state index < -0.39 is 0 Å². The number of likely N-dealkylation sites (N-methyl/N-ethyl adjacent to an activating group) is 1. The molecule has 0 aliphatic carbocycles. The summed E-state index contributed by atoms with van der Waals surface area (Å²) in [7, 11) is 3.78. The highest BCUT2D eigenvalue weighted by Crippen LogP contribution is 2.30. The summed E-state index contributed by atoms with van der Waals surface area (Å²) in [5, 5.41) is 3.25. The third-order valence-corrected chi connectivity index (χ3v) is 3.52. The normalized spacial score (nSPS) is 20.2. The van der Waals surface area contributed by atoms with Gasteiger partial charge in [-0.3, -0.25) is 4.90 Å². The van der Waals surface area contributed by atoms with Crippen molar-refractivity contribution in [2.75, 3.05) is 40.4 Å². The van der Waals surface area contributed by atoms with E-state index in [4.69, 9.17) is 4.74 Å². The Kier molecular flexibility index (Phi) is 5.63. The van der Waals surface area contributed by atoms with Gasteiger partial charge in [0.05, 0.1) is 6.61 Å². The maximum atomic E-state index is 5.30. The average Bonchev–Trinajstić information content (AvgIpc) is 2.28. The predicted molar refractivity (Wildman–Crippen MR) is 73.3 cm³/mol. The van der Waals surface area contributed by atoms with E-state index in [1.54, 1.807) is 12.7 Å². The summed E-state index contributed by atoms with van der Waals surface area (Å²) in [6.07, 6.45) is 3.59. The van der Waals surface area contributed by atoms with Crippen molar-refractivity contribution in [2.24, 2.45) is 5.41 Å². The topological polar surface area (TPSA) is 24.5 Å². The van der Waals surface area contributed by atoms with Gasteiger partial charge in [0, 0.05) is 32.8 Å². The van der Waals surface area contributed by atoms with Gasteiger partial charge in [0.25, 0.3) is 0 Å². The molecule has 1 aliphatic heterocycles. The maximum Gasteiger partial charge on any atom is 0.0630 e. The van der Waals surface area contributed by atoms with Crippen LogP contribution in [-0.4, -0.2) is 51.3 Å². The van der Waals surface area contributed by atoms with Crippen LogP contribution in [0.5, 0.6) is 0 Å². The van der Waals surface area contributed by atoms with Crippen molar-refractivity contribution in [3.05, 3.63) is 11.6 Å². The van der Waals surface area contributed by atoms with Crippen LogP contribution >= 0.6 is 0 Å². The van der Waals surface area contributed by atoms with Crippen molar-refractivity contribution < 1.29 is 4.74 Å². The third-order valence-electron chi connectivity index (χ3n) is 3.52. The first kappa shape index (κ1) is 14.7. The molecule has 0 aromatic heterocycles. The molecule has 1 unspecified atom stereocenters. The minimum atomic E-state index is 0.325. The van der Waals surface area contributed by atoms with Crippen LogP contribution in [0.4, 0.5) is 0 Å². The van der Waals surface area contributed by atoms with Crippen molar-refractivity contribution in [1.82, 2.24) is 10.2 Å². The standard InChI is InChI=1S/C14H28N2O/c1-14(2,3)12-6-8-16(9-7-12)13(10-15-4)11-17-5/h6,13,15H,7-11H2,1-5H3. The largest absolute Gasteiger partial charge is 0.383 e. The minimum absolute atomic E-state index is 0.325. The van der Waals surface area contributed by atoms with E-state index in [0.29, 0.717) is 11.5 Å². The number of methoxy groups -OCH3 is 1. The quantitative estimate of drug-likeness (QED) is 0.743. The zero-order chi connectivity index (χ0) is 12.9. The molecule has 0 aromatic carbocycles. The molecule has 1 rings (SSSR count). The molecule has 0 bridgehead atoms. The van der Waals surface area contributed by atoms with E-state index in [9.17, 15) is 0 Å². The molecular weight excluding hydrogens is 212 g/mol. The predicted octanol–water partition coefficient (Wildman–Crippen LogP) is 1.90. The highest BCUT2D eigenvalue weighted by Gasteiger charge is 2.24. The van der Waals surface area contributed by atoms with Gasteiger partial charge in [0.1, 0.15) is 0 Å². The molecule has 0 radical (unpaired) electrons. The molecule has 1 heterocycles. The zero-order valence-corrected chi connectivity index (χ0v) is 12.0. The summed E-state index contributed by atoms with van der Waals surface area (Å²) in [6.45, 7) is 10.9. The van der Waals surface area contributed by atoms with Gasteiger partial charge in [-0.15, -0.1) is 0 Å². The lowest BCUT2D eigenvalue weighted by Gasteiger charge is -2.36. The zero-order valence-electron chi connectivity index (χ0n) is 12.0. The molecule has 1 N–H and O–H groups in total. The van der Waals surface area contributed by atoms with E-state index in [0.717, 1.165) is 26.2 Å². The number of ether oxygens (including phenoxy) is 1. The first-order chi connectivity index (χ1) is 7.99. The molecule has 0 saturated carbocycles. The van der Waals surface area contributed by atoms with Crippen molar-refractivity contribution in [2.45, 2.75) is 33.2 Å². The van der Waals surface area contributed by atoms with Gasteiger partial charge in [0.15, 0.2) is 0 Å². The van der Waals surface area contributed by atoms with E-state index in [1.165, 1.54) is 6.42 Å². The summed E-state index contributed by atoms with van der Waals surface area (Å²) < 4.78 is 5.30. The van der Waals surface area contributed by atoms with Crippen LogP contribution in [0.3, 0.4) is 0 Å². The Morgan fingerprint density at radius 2 is 2.18 bits per heavy atom. The van der Waals surface area contributed by atoms with Crippen LogP contribution in [0, 0.1) is 5.41 Å². The fourth-order valence-electron chi connectivity index (χ4n) is 2.42. The second-order valence-electron chi connectivity index (χ2n) is 5.89. The Labute approximate surface area is 106 Å². The van der Waals surface area contributed by atoms with Gasteiger partial charge >= 0.3 is 0 Å². The van der Waals surface area contributed by atoms with Crippen molar-refractivity contribution >= 4 is 0 Å². The SMILES string of the molecule is CNCC(COC)N1CC=C(C(C)(C)C)CC1. The maximum absolute atomic E-state index is 5.30. The van der Waals surface area contributed by atoms with Crippen molar-refractivity contribution in [1.29, 1.82) is 0 Å². The van der Waals surface area contributed by atoms with E-state index >= 15 is 0 Å². The summed E-state index contributed by atoms with van der Waals surface area (Å²) in [4.78, 5) is 2.51. The molecule has 100 valence electrons. The summed E-state index contributed by atoms with van der Waals surface area (Å²) in [5.41, 5.74) is 1.92. The number of nitrogens with zero attached hydrogens (tertiary/aromatic N) is 1. The van der Waals surface area contributed by atoms with E-state index in [1.807, 2.05) is 7.05 Å². The summed E-state index contributed by atoms with van der Waals surface area (Å²) in [5.74, 6) is 0. The lowest BCUT2D eigenvalue weighted by Crippen LogP contribution is -2.46. The minimum Gasteiger partial charge on any atom is -0.383 e. The second-order valence-corrected chi connectivity index (χ2v) is 5.89. The molecule has 0 saturated heterocycles. The van der Waals surface area contributed by atoms with Gasteiger partial charge in [-0.25, -0.2) is 0 Å². The lowest BCUT2D eigenvalue weighted by molar-refractivity contribution is 0.0937. The third kappa shape index (κ3) is 4.41. The molecule has 0 amide bonds. The monoisotopic (exact) mass is 240 g/mol. The first-order valence-electron chi connectivity index (χ1n) is 6.56.